The second-order valence-corrected chi connectivity index (χ2v) is 6.95. The van der Waals surface area contributed by atoms with Crippen LogP contribution in [0.1, 0.15) is 13.0 Å². The third-order valence-electron chi connectivity index (χ3n) is 4.15. The van der Waals surface area contributed by atoms with E-state index in [1.807, 2.05) is 17.5 Å². The van der Waals surface area contributed by atoms with Crippen molar-refractivity contribution in [2.24, 2.45) is 0 Å². The van der Waals surface area contributed by atoms with E-state index in [-0.39, 0.29) is 11.5 Å². The Bertz CT molecular complexity index is 1030. The molecule has 0 fully saturated rings. The maximum absolute atomic E-state index is 12.7. The molecule has 138 valence electrons. The summed E-state index contributed by atoms with van der Waals surface area (Å²) in [5.74, 6) is 0.889. The summed E-state index contributed by atoms with van der Waals surface area (Å²) in [7, 11) is 0. The van der Waals surface area contributed by atoms with Crippen molar-refractivity contribution >= 4 is 22.9 Å². The number of anilines is 1. The molecule has 3 heterocycles. The second kappa shape index (κ2) is 7.24. The Hall–Kier alpha value is -3.13. The first kappa shape index (κ1) is 17.3. The van der Waals surface area contributed by atoms with Crippen molar-refractivity contribution in [3.8, 4) is 22.1 Å². The minimum absolute atomic E-state index is 0.333. The number of hydrogen-bond acceptors (Lipinski definition) is 6. The maximum atomic E-state index is 12.7. The van der Waals surface area contributed by atoms with Crippen LogP contribution in [-0.4, -0.2) is 28.9 Å². The van der Waals surface area contributed by atoms with Gasteiger partial charge < -0.3 is 14.8 Å². The summed E-state index contributed by atoms with van der Waals surface area (Å²) in [6.07, 6.45) is 0. The van der Waals surface area contributed by atoms with E-state index in [0.29, 0.717) is 36.1 Å². The number of benzene rings is 1. The van der Waals surface area contributed by atoms with Gasteiger partial charge in [0.15, 0.2) is 11.5 Å². The van der Waals surface area contributed by atoms with E-state index >= 15 is 0 Å². The molecule has 1 amide bonds. The molecule has 3 aromatic rings. The average molecular weight is 383 g/mol. The first-order chi connectivity index (χ1) is 13.1. The van der Waals surface area contributed by atoms with Crippen molar-refractivity contribution in [2.45, 2.75) is 13.0 Å². The van der Waals surface area contributed by atoms with E-state index in [4.69, 9.17) is 9.47 Å². The first-order valence-electron chi connectivity index (χ1n) is 8.46. The fourth-order valence-corrected chi connectivity index (χ4v) is 3.43. The summed E-state index contributed by atoms with van der Waals surface area (Å²) in [4.78, 5) is 25.8. The number of fused-ring (bicyclic) bond motifs is 1. The lowest BCUT2D eigenvalue weighted by Gasteiger charge is -2.19. The zero-order valence-electron chi connectivity index (χ0n) is 14.5. The van der Waals surface area contributed by atoms with Crippen LogP contribution in [-0.2, 0) is 4.79 Å². The van der Waals surface area contributed by atoms with Gasteiger partial charge in [0, 0.05) is 17.8 Å². The Labute approximate surface area is 159 Å². The molecule has 0 spiro atoms. The molecule has 7 nitrogen and oxygen atoms in total. The molecule has 0 saturated carbocycles. The van der Waals surface area contributed by atoms with Crippen LogP contribution in [0.3, 0.4) is 0 Å². The fraction of sp³-hybridized carbons (Fsp3) is 0.211. The smallest absolute Gasteiger partial charge is 0.267 e. The van der Waals surface area contributed by atoms with E-state index in [0.717, 1.165) is 4.88 Å². The first-order valence-corrected chi connectivity index (χ1v) is 9.34. The standard InChI is InChI=1S/C19H17N3O4S/c1-12(22-18(23)7-5-14(21-22)17-3-2-10-27-17)19(24)20-13-4-6-15-16(11-13)26-9-8-25-15/h2-7,10-12H,8-9H2,1H3,(H,20,24)/t12-/m0/s1. The summed E-state index contributed by atoms with van der Waals surface area (Å²) < 4.78 is 12.2. The SMILES string of the molecule is C[C@@H](C(=O)Nc1ccc2c(c1)OCCO2)n1nc(-c2cccs2)ccc1=O. The minimum Gasteiger partial charge on any atom is -0.486 e. The van der Waals surface area contributed by atoms with Crippen molar-refractivity contribution in [3.63, 3.8) is 0 Å². The maximum Gasteiger partial charge on any atom is 0.267 e. The zero-order valence-corrected chi connectivity index (χ0v) is 15.4. The highest BCUT2D eigenvalue weighted by atomic mass is 32.1. The third kappa shape index (κ3) is 3.56. The number of carbonyl (C=O) groups excluding carboxylic acids is 1. The summed E-state index contributed by atoms with van der Waals surface area (Å²) in [6, 6.07) is 11.3. The molecule has 1 aliphatic heterocycles. The van der Waals surface area contributed by atoms with Gasteiger partial charge in [0.1, 0.15) is 24.9 Å². The van der Waals surface area contributed by atoms with Crippen LogP contribution in [0.4, 0.5) is 5.69 Å². The van der Waals surface area contributed by atoms with Crippen LogP contribution in [0.15, 0.2) is 52.6 Å². The number of amides is 1. The Morgan fingerprint density at radius 3 is 2.78 bits per heavy atom. The van der Waals surface area contributed by atoms with Gasteiger partial charge in [-0.2, -0.15) is 5.10 Å². The van der Waals surface area contributed by atoms with E-state index < -0.39 is 6.04 Å². The van der Waals surface area contributed by atoms with Crippen molar-refractivity contribution in [2.75, 3.05) is 18.5 Å². The highest BCUT2D eigenvalue weighted by Crippen LogP contribution is 2.32. The molecule has 0 bridgehead atoms. The van der Waals surface area contributed by atoms with Gasteiger partial charge in [-0.05, 0) is 36.6 Å². The molecule has 0 radical (unpaired) electrons. The van der Waals surface area contributed by atoms with Gasteiger partial charge in [-0.25, -0.2) is 4.68 Å². The molecule has 1 aromatic carbocycles. The molecule has 0 unspecified atom stereocenters. The molecular weight excluding hydrogens is 366 g/mol. The van der Waals surface area contributed by atoms with Gasteiger partial charge >= 0.3 is 0 Å². The van der Waals surface area contributed by atoms with Crippen molar-refractivity contribution in [1.29, 1.82) is 0 Å². The Morgan fingerprint density at radius 2 is 2.00 bits per heavy atom. The minimum atomic E-state index is -0.773. The lowest BCUT2D eigenvalue weighted by molar-refractivity contribution is -0.119. The second-order valence-electron chi connectivity index (χ2n) is 6.00. The largest absolute Gasteiger partial charge is 0.486 e. The lowest BCUT2D eigenvalue weighted by atomic mass is 10.2. The zero-order chi connectivity index (χ0) is 18.8. The predicted molar refractivity (Wildman–Crippen MR) is 103 cm³/mol. The van der Waals surface area contributed by atoms with Gasteiger partial charge in [0.05, 0.1) is 4.88 Å². The van der Waals surface area contributed by atoms with Crippen LogP contribution in [0, 0.1) is 0 Å². The Kier molecular flexibility index (Phi) is 4.64. The van der Waals surface area contributed by atoms with E-state index in [9.17, 15) is 9.59 Å². The predicted octanol–water partition coefficient (Wildman–Crippen LogP) is 2.94. The summed E-state index contributed by atoms with van der Waals surface area (Å²) in [5.41, 5.74) is 0.891. The molecule has 8 heteroatoms. The highest BCUT2D eigenvalue weighted by Gasteiger charge is 2.20. The molecule has 0 aliphatic carbocycles. The van der Waals surface area contributed by atoms with E-state index in [1.165, 1.54) is 22.1 Å². The van der Waals surface area contributed by atoms with Crippen LogP contribution in [0.2, 0.25) is 0 Å². The number of nitrogens with one attached hydrogen (secondary N) is 1. The molecular formula is C19H17N3O4S. The molecule has 27 heavy (non-hydrogen) atoms. The topological polar surface area (TPSA) is 82.4 Å². The van der Waals surface area contributed by atoms with Crippen molar-refractivity contribution in [3.05, 3.63) is 58.2 Å². The lowest BCUT2D eigenvalue weighted by Crippen LogP contribution is -2.33. The van der Waals surface area contributed by atoms with Crippen LogP contribution in [0.25, 0.3) is 10.6 Å². The quantitative estimate of drug-likeness (QED) is 0.749. The van der Waals surface area contributed by atoms with Crippen molar-refractivity contribution < 1.29 is 14.3 Å². The summed E-state index contributed by atoms with van der Waals surface area (Å²) in [5, 5.41) is 9.09. The monoisotopic (exact) mass is 383 g/mol. The van der Waals surface area contributed by atoms with Gasteiger partial charge in [0.25, 0.3) is 5.56 Å². The molecule has 2 aromatic heterocycles. The van der Waals surface area contributed by atoms with Gasteiger partial charge in [-0.15, -0.1) is 11.3 Å². The molecule has 1 N–H and O–H groups in total. The third-order valence-corrected chi connectivity index (χ3v) is 5.05. The number of aromatic nitrogens is 2. The number of hydrogen-bond donors (Lipinski definition) is 1. The number of carbonyl (C=O) groups is 1. The Balaban J connectivity index is 1.56. The molecule has 4 rings (SSSR count). The molecule has 1 atom stereocenters. The number of thiophene rings is 1. The average Bonchev–Trinajstić information content (AvgIpc) is 3.22. The van der Waals surface area contributed by atoms with E-state index in [2.05, 4.69) is 10.4 Å². The van der Waals surface area contributed by atoms with Crippen LogP contribution >= 0.6 is 11.3 Å². The van der Waals surface area contributed by atoms with E-state index in [1.54, 1.807) is 31.2 Å². The molecule has 0 saturated heterocycles. The molecule has 1 aliphatic rings. The van der Waals surface area contributed by atoms with Gasteiger partial charge in [-0.1, -0.05) is 6.07 Å². The van der Waals surface area contributed by atoms with Crippen LogP contribution < -0.4 is 20.3 Å². The van der Waals surface area contributed by atoms with Gasteiger partial charge in [-0.3, -0.25) is 9.59 Å². The number of rotatable bonds is 4. The number of nitrogens with zero attached hydrogens (tertiary/aromatic N) is 2. The fourth-order valence-electron chi connectivity index (χ4n) is 2.74. The highest BCUT2D eigenvalue weighted by molar-refractivity contribution is 7.13. The summed E-state index contributed by atoms with van der Waals surface area (Å²) >= 11 is 1.52. The van der Waals surface area contributed by atoms with Gasteiger partial charge in [0.2, 0.25) is 5.91 Å². The van der Waals surface area contributed by atoms with Crippen molar-refractivity contribution in [1.82, 2.24) is 9.78 Å². The number of ether oxygens (including phenoxy) is 2. The van der Waals surface area contributed by atoms with Crippen LogP contribution in [0.5, 0.6) is 11.5 Å². The summed E-state index contributed by atoms with van der Waals surface area (Å²) in [6.45, 7) is 2.61. The normalized spacial score (nSPS) is 13.8. The Morgan fingerprint density at radius 1 is 1.19 bits per heavy atom.